The third kappa shape index (κ3) is 4.74. The van der Waals surface area contributed by atoms with Crippen LogP contribution in [0, 0.1) is 0 Å². The third-order valence-corrected chi connectivity index (χ3v) is 4.26. The highest BCUT2D eigenvalue weighted by Crippen LogP contribution is 2.22. The number of aliphatic hydroxyl groups excluding tert-OH is 1. The van der Waals surface area contributed by atoms with E-state index in [-0.39, 0.29) is 21.5 Å². The standard InChI is InChI=1S/C11H15Cl2NO3S/c1-2-10(15)3-4-14-18(16,17)11-6-8(12)5-9(13)7-11/h5-7,10,14-15H,2-4H2,1H3. The number of rotatable bonds is 6. The van der Waals surface area contributed by atoms with E-state index in [2.05, 4.69) is 4.72 Å². The molecule has 0 saturated carbocycles. The second-order valence-corrected chi connectivity index (χ2v) is 6.49. The van der Waals surface area contributed by atoms with E-state index >= 15 is 0 Å². The van der Waals surface area contributed by atoms with Crippen LogP contribution in [0.15, 0.2) is 23.1 Å². The second kappa shape index (κ2) is 6.73. The first-order valence-corrected chi connectivity index (χ1v) is 7.73. The number of hydrogen-bond donors (Lipinski definition) is 2. The first kappa shape index (κ1) is 15.7. The Bertz CT molecular complexity index is 485. The van der Waals surface area contributed by atoms with Crippen LogP contribution >= 0.6 is 23.2 Å². The van der Waals surface area contributed by atoms with Gasteiger partial charge in [-0.05, 0) is 31.0 Å². The van der Waals surface area contributed by atoms with E-state index in [4.69, 9.17) is 23.2 Å². The molecule has 0 amide bonds. The summed E-state index contributed by atoms with van der Waals surface area (Å²) in [6.07, 6.45) is 0.449. The van der Waals surface area contributed by atoms with Gasteiger partial charge in [0.2, 0.25) is 10.0 Å². The zero-order valence-electron chi connectivity index (χ0n) is 9.86. The Morgan fingerprint density at radius 2 is 1.83 bits per heavy atom. The van der Waals surface area contributed by atoms with E-state index in [1.165, 1.54) is 18.2 Å². The molecule has 1 unspecified atom stereocenters. The van der Waals surface area contributed by atoms with Gasteiger partial charge in [0.25, 0.3) is 0 Å². The topological polar surface area (TPSA) is 66.4 Å². The van der Waals surface area contributed by atoms with Crippen molar-refractivity contribution in [1.29, 1.82) is 0 Å². The molecule has 1 aromatic rings. The Hall–Kier alpha value is -0.330. The molecule has 0 spiro atoms. The van der Waals surface area contributed by atoms with Crippen molar-refractivity contribution in [2.24, 2.45) is 0 Å². The van der Waals surface area contributed by atoms with Crippen molar-refractivity contribution in [3.8, 4) is 0 Å². The molecule has 18 heavy (non-hydrogen) atoms. The smallest absolute Gasteiger partial charge is 0.240 e. The summed E-state index contributed by atoms with van der Waals surface area (Å²) in [5.74, 6) is 0. The molecule has 1 rings (SSSR count). The van der Waals surface area contributed by atoms with Crippen LogP contribution in [0.5, 0.6) is 0 Å². The van der Waals surface area contributed by atoms with Gasteiger partial charge in [-0.3, -0.25) is 0 Å². The maximum atomic E-state index is 11.9. The largest absolute Gasteiger partial charge is 0.393 e. The first-order valence-electron chi connectivity index (χ1n) is 5.49. The van der Waals surface area contributed by atoms with Crippen LogP contribution in [-0.4, -0.2) is 26.2 Å². The fourth-order valence-corrected chi connectivity index (χ4v) is 3.10. The summed E-state index contributed by atoms with van der Waals surface area (Å²) in [6.45, 7) is 2.00. The van der Waals surface area contributed by atoms with Gasteiger partial charge >= 0.3 is 0 Å². The molecular formula is C11H15Cl2NO3S. The highest BCUT2D eigenvalue weighted by atomic mass is 35.5. The number of aliphatic hydroxyl groups is 1. The Morgan fingerprint density at radius 3 is 2.33 bits per heavy atom. The molecule has 0 aliphatic rings. The minimum atomic E-state index is -3.64. The van der Waals surface area contributed by atoms with Crippen molar-refractivity contribution < 1.29 is 13.5 Å². The lowest BCUT2D eigenvalue weighted by atomic mass is 10.2. The van der Waals surface area contributed by atoms with Gasteiger partial charge in [0, 0.05) is 16.6 Å². The fourth-order valence-electron chi connectivity index (χ4n) is 1.33. The van der Waals surface area contributed by atoms with Crippen molar-refractivity contribution in [2.75, 3.05) is 6.54 Å². The van der Waals surface area contributed by atoms with Gasteiger partial charge in [-0.15, -0.1) is 0 Å². The summed E-state index contributed by atoms with van der Waals surface area (Å²) in [7, 11) is -3.64. The minimum absolute atomic E-state index is 0.0194. The summed E-state index contributed by atoms with van der Waals surface area (Å²) < 4.78 is 26.2. The van der Waals surface area contributed by atoms with Crippen LogP contribution < -0.4 is 4.72 Å². The summed E-state index contributed by atoms with van der Waals surface area (Å²) in [5, 5.41) is 9.86. The maximum absolute atomic E-state index is 11.9. The molecule has 0 bridgehead atoms. The van der Waals surface area contributed by atoms with Gasteiger partial charge in [-0.1, -0.05) is 30.1 Å². The number of hydrogen-bond acceptors (Lipinski definition) is 3. The van der Waals surface area contributed by atoms with Gasteiger partial charge in [-0.25, -0.2) is 13.1 Å². The molecule has 4 nitrogen and oxygen atoms in total. The Labute approximate surface area is 117 Å². The van der Waals surface area contributed by atoms with Crippen LogP contribution in [0.3, 0.4) is 0 Å². The summed E-state index contributed by atoms with van der Waals surface area (Å²) in [5.41, 5.74) is 0. The van der Waals surface area contributed by atoms with Gasteiger partial charge in [-0.2, -0.15) is 0 Å². The summed E-state index contributed by atoms with van der Waals surface area (Å²) >= 11 is 11.5. The van der Waals surface area contributed by atoms with Crippen molar-refractivity contribution in [2.45, 2.75) is 30.8 Å². The molecule has 0 aromatic heterocycles. The van der Waals surface area contributed by atoms with Crippen molar-refractivity contribution in [3.05, 3.63) is 28.2 Å². The highest BCUT2D eigenvalue weighted by molar-refractivity contribution is 7.89. The number of halogens is 2. The average molecular weight is 312 g/mol. The van der Waals surface area contributed by atoms with Gasteiger partial charge in [0.05, 0.1) is 11.0 Å². The van der Waals surface area contributed by atoms with Crippen molar-refractivity contribution in [1.82, 2.24) is 4.72 Å². The third-order valence-electron chi connectivity index (χ3n) is 2.39. The SMILES string of the molecule is CCC(O)CCNS(=O)(=O)c1cc(Cl)cc(Cl)c1. The molecule has 2 N–H and O–H groups in total. The molecular weight excluding hydrogens is 297 g/mol. The van der Waals surface area contributed by atoms with E-state index in [1.54, 1.807) is 0 Å². The molecule has 0 aliphatic heterocycles. The molecule has 7 heteroatoms. The first-order chi connectivity index (χ1) is 8.35. The molecule has 1 aromatic carbocycles. The number of benzene rings is 1. The Balaban J connectivity index is 2.74. The lowest BCUT2D eigenvalue weighted by Gasteiger charge is -2.10. The van der Waals surface area contributed by atoms with Gasteiger partial charge in [0.15, 0.2) is 0 Å². The monoisotopic (exact) mass is 311 g/mol. The Morgan fingerprint density at radius 1 is 1.28 bits per heavy atom. The predicted octanol–water partition coefficient (Wildman–Crippen LogP) is 2.43. The van der Waals surface area contributed by atoms with Gasteiger partial charge in [0.1, 0.15) is 0 Å². The molecule has 1 atom stereocenters. The lowest BCUT2D eigenvalue weighted by Crippen LogP contribution is -2.27. The minimum Gasteiger partial charge on any atom is -0.393 e. The van der Waals surface area contributed by atoms with Crippen molar-refractivity contribution >= 4 is 33.2 Å². The molecule has 102 valence electrons. The zero-order valence-corrected chi connectivity index (χ0v) is 12.2. The fraction of sp³-hybridized carbons (Fsp3) is 0.455. The second-order valence-electron chi connectivity index (χ2n) is 3.85. The van der Waals surface area contributed by atoms with Crippen LogP contribution in [0.1, 0.15) is 19.8 Å². The maximum Gasteiger partial charge on any atom is 0.240 e. The number of sulfonamides is 1. The number of nitrogens with one attached hydrogen (secondary N) is 1. The quantitative estimate of drug-likeness (QED) is 0.848. The van der Waals surface area contributed by atoms with Crippen molar-refractivity contribution in [3.63, 3.8) is 0 Å². The van der Waals surface area contributed by atoms with Gasteiger partial charge < -0.3 is 5.11 Å². The van der Waals surface area contributed by atoms with E-state index in [0.29, 0.717) is 12.8 Å². The normalized spacial score (nSPS) is 13.6. The molecule has 0 aliphatic carbocycles. The highest BCUT2D eigenvalue weighted by Gasteiger charge is 2.15. The summed E-state index contributed by atoms with van der Waals surface area (Å²) in [6, 6.07) is 4.11. The van der Waals surface area contributed by atoms with E-state index in [9.17, 15) is 13.5 Å². The van der Waals surface area contributed by atoms with E-state index in [1.807, 2.05) is 6.92 Å². The van der Waals surface area contributed by atoms with Crippen LogP contribution in [0.4, 0.5) is 0 Å². The van der Waals surface area contributed by atoms with Crippen LogP contribution in [-0.2, 0) is 10.0 Å². The van der Waals surface area contributed by atoms with E-state index in [0.717, 1.165) is 0 Å². The van der Waals surface area contributed by atoms with Crippen LogP contribution in [0.2, 0.25) is 10.0 Å². The summed E-state index contributed by atoms with van der Waals surface area (Å²) in [4.78, 5) is 0.0194. The molecule has 0 radical (unpaired) electrons. The average Bonchev–Trinajstić information content (AvgIpc) is 2.27. The zero-order chi connectivity index (χ0) is 13.8. The molecule has 0 fully saturated rings. The predicted molar refractivity (Wildman–Crippen MR) is 72.6 cm³/mol. The molecule has 0 saturated heterocycles. The lowest BCUT2D eigenvalue weighted by molar-refractivity contribution is 0.162. The molecule has 0 heterocycles. The van der Waals surface area contributed by atoms with Crippen LogP contribution in [0.25, 0.3) is 0 Å². The van der Waals surface area contributed by atoms with E-state index < -0.39 is 16.1 Å². The Kier molecular flexibility index (Phi) is 5.88.